The summed E-state index contributed by atoms with van der Waals surface area (Å²) < 4.78 is 11.0. The van der Waals surface area contributed by atoms with E-state index in [-0.39, 0.29) is 0 Å². The Bertz CT molecular complexity index is 273. The molecule has 0 saturated carbocycles. The monoisotopic (exact) mass is 195 g/mol. The van der Waals surface area contributed by atoms with Gasteiger partial charge in [-0.05, 0) is 19.9 Å². The molecular formula is C11H17NO2. The molecule has 0 radical (unpaired) electrons. The Balaban J connectivity index is 3.04. The van der Waals surface area contributed by atoms with E-state index in [4.69, 9.17) is 15.2 Å². The maximum atomic E-state index is 5.82. The van der Waals surface area contributed by atoms with Gasteiger partial charge < -0.3 is 15.2 Å². The van der Waals surface area contributed by atoms with Crippen molar-refractivity contribution >= 4 is 0 Å². The van der Waals surface area contributed by atoms with Gasteiger partial charge in [0.15, 0.2) is 5.79 Å². The third kappa shape index (κ3) is 2.05. The first-order valence-corrected chi connectivity index (χ1v) is 4.67. The second kappa shape index (κ2) is 4.44. The van der Waals surface area contributed by atoms with Crippen molar-refractivity contribution < 1.29 is 9.47 Å². The van der Waals surface area contributed by atoms with Gasteiger partial charge in [0.1, 0.15) is 0 Å². The normalized spacial score (nSPS) is 22.4. The number of nitrogens with two attached hydrogens (primary N) is 1. The minimum atomic E-state index is -0.717. The highest BCUT2D eigenvalue weighted by atomic mass is 16.7. The first kappa shape index (κ1) is 11.0. The summed E-state index contributed by atoms with van der Waals surface area (Å²) in [6.07, 6.45) is 5.40. The zero-order valence-electron chi connectivity index (χ0n) is 8.75. The van der Waals surface area contributed by atoms with Crippen LogP contribution in [-0.2, 0) is 9.47 Å². The van der Waals surface area contributed by atoms with Crippen LogP contribution in [0.25, 0.3) is 0 Å². The Morgan fingerprint density at radius 3 is 2.43 bits per heavy atom. The summed E-state index contributed by atoms with van der Waals surface area (Å²) >= 11 is 0. The minimum absolute atomic E-state index is 0.590. The molecule has 0 aromatic heterocycles. The van der Waals surface area contributed by atoms with Crippen molar-refractivity contribution in [2.24, 2.45) is 5.73 Å². The van der Waals surface area contributed by atoms with E-state index in [1.807, 2.05) is 26.0 Å². The van der Waals surface area contributed by atoms with E-state index in [0.29, 0.717) is 18.9 Å². The highest BCUT2D eigenvalue weighted by molar-refractivity contribution is 5.35. The van der Waals surface area contributed by atoms with E-state index in [2.05, 4.69) is 6.58 Å². The largest absolute Gasteiger partial charge is 0.398 e. The molecule has 1 aliphatic heterocycles. The van der Waals surface area contributed by atoms with Gasteiger partial charge in [-0.15, -0.1) is 0 Å². The smallest absolute Gasteiger partial charge is 0.194 e. The molecule has 3 nitrogen and oxygen atoms in total. The summed E-state index contributed by atoms with van der Waals surface area (Å²) in [4.78, 5) is 0. The third-order valence-electron chi connectivity index (χ3n) is 2.19. The van der Waals surface area contributed by atoms with Crippen LogP contribution < -0.4 is 5.73 Å². The molecule has 1 aliphatic rings. The molecule has 14 heavy (non-hydrogen) atoms. The predicted octanol–water partition coefficient (Wildman–Crippen LogP) is 1.72. The minimum Gasteiger partial charge on any atom is -0.398 e. The standard InChI is InChI=1S/C11H17NO2/c1-4-6-9(10(12)5-2)11(3)13-7-8-14-11/h4-6H,2,7-8,12H2,1,3H3/b6-4-,10-9-. The fourth-order valence-electron chi connectivity index (χ4n) is 1.46. The van der Waals surface area contributed by atoms with Crippen molar-refractivity contribution in [3.05, 3.63) is 36.1 Å². The summed E-state index contributed by atoms with van der Waals surface area (Å²) in [5, 5.41) is 0. The van der Waals surface area contributed by atoms with E-state index >= 15 is 0 Å². The number of hydrogen-bond donors (Lipinski definition) is 1. The molecule has 0 aliphatic carbocycles. The maximum Gasteiger partial charge on any atom is 0.194 e. The highest BCUT2D eigenvalue weighted by Gasteiger charge is 2.35. The van der Waals surface area contributed by atoms with Gasteiger partial charge in [-0.3, -0.25) is 0 Å². The molecule has 0 atom stereocenters. The molecule has 1 fully saturated rings. The lowest BCUT2D eigenvalue weighted by Crippen LogP contribution is -2.29. The van der Waals surface area contributed by atoms with Crippen molar-refractivity contribution in [2.75, 3.05) is 13.2 Å². The number of ether oxygens (including phenoxy) is 2. The van der Waals surface area contributed by atoms with Gasteiger partial charge in [0.2, 0.25) is 0 Å². The molecule has 0 amide bonds. The van der Waals surface area contributed by atoms with Crippen LogP contribution in [0.1, 0.15) is 13.8 Å². The molecule has 0 bridgehead atoms. The highest BCUT2D eigenvalue weighted by Crippen LogP contribution is 2.29. The van der Waals surface area contributed by atoms with Gasteiger partial charge in [-0.1, -0.05) is 18.7 Å². The van der Waals surface area contributed by atoms with Crippen LogP contribution in [0.5, 0.6) is 0 Å². The molecule has 78 valence electrons. The van der Waals surface area contributed by atoms with Crippen LogP contribution in [0, 0.1) is 0 Å². The van der Waals surface area contributed by atoms with Crippen LogP contribution in [-0.4, -0.2) is 19.0 Å². The molecule has 1 saturated heterocycles. The van der Waals surface area contributed by atoms with E-state index in [9.17, 15) is 0 Å². The molecule has 3 heteroatoms. The second-order valence-electron chi connectivity index (χ2n) is 3.22. The Morgan fingerprint density at radius 1 is 1.43 bits per heavy atom. The third-order valence-corrected chi connectivity index (χ3v) is 2.19. The maximum absolute atomic E-state index is 5.82. The van der Waals surface area contributed by atoms with Crippen LogP contribution in [0.2, 0.25) is 0 Å². The first-order valence-electron chi connectivity index (χ1n) is 4.67. The fraction of sp³-hybridized carbons (Fsp3) is 0.455. The summed E-state index contributed by atoms with van der Waals surface area (Å²) in [6, 6.07) is 0. The molecule has 2 N–H and O–H groups in total. The van der Waals surface area contributed by atoms with Crippen LogP contribution in [0.4, 0.5) is 0 Å². The van der Waals surface area contributed by atoms with E-state index in [1.54, 1.807) is 6.08 Å². The fourth-order valence-corrected chi connectivity index (χ4v) is 1.46. The van der Waals surface area contributed by atoms with Gasteiger partial charge >= 0.3 is 0 Å². The molecule has 1 rings (SSSR count). The average Bonchev–Trinajstić information content (AvgIpc) is 2.61. The SMILES string of the molecule is C=C/C(N)=C(\C=C/C)C1(C)OCCO1. The second-order valence-corrected chi connectivity index (χ2v) is 3.22. The average molecular weight is 195 g/mol. The van der Waals surface area contributed by atoms with Crippen molar-refractivity contribution in [1.82, 2.24) is 0 Å². The van der Waals surface area contributed by atoms with Crippen molar-refractivity contribution in [3.63, 3.8) is 0 Å². The van der Waals surface area contributed by atoms with Crippen molar-refractivity contribution in [3.8, 4) is 0 Å². The number of hydrogen-bond acceptors (Lipinski definition) is 3. The summed E-state index contributed by atoms with van der Waals surface area (Å²) in [6.45, 7) is 8.63. The van der Waals surface area contributed by atoms with Gasteiger partial charge in [-0.25, -0.2) is 0 Å². The zero-order chi connectivity index (χ0) is 10.6. The topological polar surface area (TPSA) is 44.5 Å². The lowest BCUT2D eigenvalue weighted by Gasteiger charge is -2.24. The predicted molar refractivity (Wildman–Crippen MR) is 56.5 cm³/mol. The Kier molecular flexibility index (Phi) is 3.49. The van der Waals surface area contributed by atoms with Crippen LogP contribution in [0.3, 0.4) is 0 Å². The summed E-state index contributed by atoms with van der Waals surface area (Å²) in [7, 11) is 0. The molecule has 0 unspecified atom stereocenters. The Morgan fingerprint density at radius 2 is 2.00 bits per heavy atom. The van der Waals surface area contributed by atoms with Gasteiger partial charge in [0, 0.05) is 11.3 Å². The number of rotatable bonds is 3. The van der Waals surface area contributed by atoms with Crippen LogP contribution in [0.15, 0.2) is 36.1 Å². The number of allylic oxidation sites excluding steroid dienone is 2. The quantitative estimate of drug-likeness (QED) is 0.697. The van der Waals surface area contributed by atoms with Gasteiger partial charge in [0.25, 0.3) is 0 Å². The lowest BCUT2D eigenvalue weighted by molar-refractivity contribution is -0.107. The van der Waals surface area contributed by atoms with E-state index in [0.717, 1.165) is 5.57 Å². The summed E-state index contributed by atoms with van der Waals surface area (Å²) in [5.41, 5.74) is 7.24. The molecule has 0 aromatic carbocycles. The molecule has 1 heterocycles. The van der Waals surface area contributed by atoms with Crippen molar-refractivity contribution in [2.45, 2.75) is 19.6 Å². The van der Waals surface area contributed by atoms with E-state index < -0.39 is 5.79 Å². The molecule has 0 aromatic rings. The molecular weight excluding hydrogens is 178 g/mol. The van der Waals surface area contributed by atoms with E-state index in [1.165, 1.54) is 0 Å². The van der Waals surface area contributed by atoms with Gasteiger partial charge in [-0.2, -0.15) is 0 Å². The van der Waals surface area contributed by atoms with Crippen molar-refractivity contribution in [1.29, 1.82) is 0 Å². The molecule has 0 spiro atoms. The zero-order valence-corrected chi connectivity index (χ0v) is 8.75. The Hall–Kier alpha value is -1.06. The lowest BCUT2D eigenvalue weighted by atomic mass is 10.0. The summed E-state index contributed by atoms with van der Waals surface area (Å²) in [5.74, 6) is -0.717. The Labute approximate surface area is 84.9 Å². The van der Waals surface area contributed by atoms with Crippen LogP contribution >= 0.6 is 0 Å². The van der Waals surface area contributed by atoms with Gasteiger partial charge in [0.05, 0.1) is 13.2 Å². The first-order chi connectivity index (χ1) is 6.64.